The highest BCUT2D eigenvalue weighted by Crippen LogP contribution is 2.33. The molecule has 1 saturated heterocycles. The van der Waals surface area contributed by atoms with Crippen LogP contribution >= 0.6 is 0 Å². The topological polar surface area (TPSA) is 77.4 Å². The number of nitrogens with zero attached hydrogens (tertiary/aromatic N) is 3. The molecule has 5 rings (SSSR count). The molecule has 3 heterocycles. The Balaban J connectivity index is 1.43. The van der Waals surface area contributed by atoms with Gasteiger partial charge in [-0.05, 0) is 29.8 Å². The summed E-state index contributed by atoms with van der Waals surface area (Å²) in [4.78, 5) is 7.12. The Labute approximate surface area is 175 Å². The van der Waals surface area contributed by atoms with Gasteiger partial charge in [-0.25, -0.2) is 4.98 Å². The van der Waals surface area contributed by atoms with E-state index in [-0.39, 0.29) is 6.04 Å². The van der Waals surface area contributed by atoms with Crippen molar-refractivity contribution in [1.29, 1.82) is 0 Å². The summed E-state index contributed by atoms with van der Waals surface area (Å²) in [5.74, 6) is 0.985. The number of anilines is 1. The first-order valence-electron chi connectivity index (χ1n) is 10.3. The Kier molecular flexibility index (Phi) is 5.17. The van der Waals surface area contributed by atoms with E-state index in [0.29, 0.717) is 6.42 Å². The van der Waals surface area contributed by atoms with E-state index < -0.39 is 0 Å². The average Bonchev–Trinajstić information content (AvgIpc) is 3.24. The Hall–Kier alpha value is -3.22. The predicted octanol–water partition coefficient (Wildman–Crippen LogP) is 3.97. The zero-order valence-electron chi connectivity index (χ0n) is 16.7. The van der Waals surface area contributed by atoms with Crippen LogP contribution in [-0.4, -0.2) is 36.4 Å². The van der Waals surface area contributed by atoms with Crippen LogP contribution in [0.25, 0.3) is 22.2 Å². The van der Waals surface area contributed by atoms with E-state index >= 15 is 0 Å². The Bertz CT molecular complexity index is 1150. The number of pyridine rings is 1. The fourth-order valence-electron chi connectivity index (χ4n) is 4.00. The SMILES string of the molecule is NC(Cc1cccc(N2CCOCC2)n1)c1ccccc1-c1noc2ccccc12. The highest BCUT2D eigenvalue weighted by molar-refractivity contribution is 5.92. The van der Waals surface area contributed by atoms with E-state index in [0.717, 1.165) is 65.6 Å². The van der Waals surface area contributed by atoms with Gasteiger partial charge in [-0.15, -0.1) is 0 Å². The number of morpholine rings is 1. The van der Waals surface area contributed by atoms with Gasteiger partial charge in [-0.1, -0.05) is 47.6 Å². The molecule has 2 aromatic carbocycles. The minimum atomic E-state index is -0.205. The minimum absolute atomic E-state index is 0.205. The van der Waals surface area contributed by atoms with Gasteiger partial charge < -0.3 is 19.9 Å². The van der Waals surface area contributed by atoms with Crippen molar-refractivity contribution in [3.8, 4) is 11.3 Å². The van der Waals surface area contributed by atoms with Crippen LogP contribution in [0.2, 0.25) is 0 Å². The first kappa shape index (κ1) is 18.8. The summed E-state index contributed by atoms with van der Waals surface area (Å²) >= 11 is 0. The summed E-state index contributed by atoms with van der Waals surface area (Å²) in [6.45, 7) is 3.21. The number of nitrogens with two attached hydrogens (primary N) is 1. The van der Waals surface area contributed by atoms with E-state index in [1.165, 1.54) is 0 Å². The lowest BCUT2D eigenvalue weighted by atomic mass is 9.94. The second-order valence-electron chi connectivity index (χ2n) is 7.51. The maximum atomic E-state index is 6.67. The van der Waals surface area contributed by atoms with Gasteiger partial charge in [0.15, 0.2) is 5.58 Å². The number of hydrogen-bond donors (Lipinski definition) is 1. The van der Waals surface area contributed by atoms with Gasteiger partial charge in [0.25, 0.3) is 0 Å². The van der Waals surface area contributed by atoms with Gasteiger partial charge in [0.05, 0.1) is 13.2 Å². The molecule has 0 spiro atoms. The van der Waals surface area contributed by atoms with Crippen LogP contribution < -0.4 is 10.6 Å². The number of para-hydroxylation sites is 1. The molecular weight excluding hydrogens is 376 g/mol. The van der Waals surface area contributed by atoms with Gasteiger partial charge in [-0.2, -0.15) is 0 Å². The molecule has 152 valence electrons. The molecule has 2 N–H and O–H groups in total. The molecule has 1 unspecified atom stereocenters. The van der Waals surface area contributed by atoms with E-state index in [9.17, 15) is 0 Å². The number of benzene rings is 2. The van der Waals surface area contributed by atoms with Crippen LogP contribution in [-0.2, 0) is 11.2 Å². The molecule has 0 radical (unpaired) electrons. The first-order valence-corrected chi connectivity index (χ1v) is 10.3. The molecule has 1 aliphatic heterocycles. The van der Waals surface area contributed by atoms with Gasteiger partial charge in [0, 0.05) is 42.2 Å². The van der Waals surface area contributed by atoms with Crippen LogP contribution in [0.1, 0.15) is 17.3 Å². The van der Waals surface area contributed by atoms with Gasteiger partial charge in [-0.3, -0.25) is 0 Å². The van der Waals surface area contributed by atoms with Crippen LogP contribution in [0.15, 0.2) is 71.3 Å². The second-order valence-corrected chi connectivity index (χ2v) is 7.51. The molecule has 1 fully saturated rings. The summed E-state index contributed by atoms with van der Waals surface area (Å²) in [5.41, 5.74) is 11.3. The normalized spacial score (nSPS) is 15.4. The number of hydrogen-bond acceptors (Lipinski definition) is 6. The van der Waals surface area contributed by atoms with Crippen LogP contribution in [0.5, 0.6) is 0 Å². The van der Waals surface area contributed by atoms with Crippen LogP contribution in [0, 0.1) is 0 Å². The summed E-state index contributed by atoms with van der Waals surface area (Å²) < 4.78 is 11.0. The molecule has 6 heteroatoms. The predicted molar refractivity (Wildman–Crippen MR) is 117 cm³/mol. The zero-order chi connectivity index (χ0) is 20.3. The van der Waals surface area contributed by atoms with Crippen LogP contribution in [0.4, 0.5) is 5.82 Å². The van der Waals surface area contributed by atoms with Crippen molar-refractivity contribution in [2.45, 2.75) is 12.5 Å². The summed E-state index contributed by atoms with van der Waals surface area (Å²) in [5, 5.41) is 5.32. The zero-order valence-corrected chi connectivity index (χ0v) is 16.7. The number of ether oxygens (including phenoxy) is 1. The quantitative estimate of drug-likeness (QED) is 0.546. The Morgan fingerprint density at radius 3 is 2.63 bits per heavy atom. The maximum absolute atomic E-state index is 6.67. The van der Waals surface area contributed by atoms with E-state index in [1.54, 1.807) is 0 Å². The van der Waals surface area contributed by atoms with E-state index in [4.69, 9.17) is 20.0 Å². The van der Waals surface area contributed by atoms with Crippen molar-refractivity contribution in [2.75, 3.05) is 31.2 Å². The Morgan fingerprint density at radius 2 is 1.73 bits per heavy atom. The second kappa shape index (κ2) is 8.26. The standard InChI is InChI=1S/C24H24N4O2/c25-21(16-17-6-5-11-23(26-17)28-12-14-29-15-13-28)18-7-1-2-8-19(18)24-20-9-3-4-10-22(20)30-27-24/h1-11,21H,12-16,25H2. The van der Waals surface area contributed by atoms with Crippen molar-refractivity contribution in [3.05, 3.63) is 78.0 Å². The molecular formula is C24H24N4O2. The third kappa shape index (κ3) is 3.67. The molecule has 0 bridgehead atoms. The Morgan fingerprint density at radius 1 is 0.933 bits per heavy atom. The summed E-state index contributed by atoms with van der Waals surface area (Å²) in [7, 11) is 0. The smallest absolute Gasteiger partial charge is 0.167 e. The minimum Gasteiger partial charge on any atom is -0.378 e. The van der Waals surface area contributed by atoms with E-state index in [1.807, 2.05) is 42.5 Å². The third-order valence-corrected chi connectivity index (χ3v) is 5.55. The fourth-order valence-corrected chi connectivity index (χ4v) is 4.00. The lowest BCUT2D eigenvalue weighted by Gasteiger charge is -2.28. The van der Waals surface area contributed by atoms with Crippen molar-refractivity contribution < 1.29 is 9.26 Å². The number of aromatic nitrogens is 2. The lowest BCUT2D eigenvalue weighted by molar-refractivity contribution is 0.122. The van der Waals surface area contributed by atoms with E-state index in [2.05, 4.69) is 34.3 Å². The van der Waals surface area contributed by atoms with Crippen LogP contribution in [0.3, 0.4) is 0 Å². The molecule has 30 heavy (non-hydrogen) atoms. The third-order valence-electron chi connectivity index (χ3n) is 5.55. The molecule has 4 aromatic rings. The molecule has 2 aromatic heterocycles. The fraction of sp³-hybridized carbons (Fsp3) is 0.250. The largest absolute Gasteiger partial charge is 0.378 e. The molecule has 1 atom stereocenters. The molecule has 0 amide bonds. The highest BCUT2D eigenvalue weighted by Gasteiger charge is 2.19. The van der Waals surface area contributed by atoms with Gasteiger partial charge in [0.2, 0.25) is 0 Å². The van der Waals surface area contributed by atoms with Crippen molar-refractivity contribution in [2.24, 2.45) is 5.73 Å². The number of fused-ring (bicyclic) bond motifs is 1. The van der Waals surface area contributed by atoms with Crippen molar-refractivity contribution in [3.63, 3.8) is 0 Å². The molecule has 0 aliphatic carbocycles. The number of rotatable bonds is 5. The monoisotopic (exact) mass is 400 g/mol. The highest BCUT2D eigenvalue weighted by atomic mass is 16.5. The summed E-state index contributed by atoms with van der Waals surface area (Å²) in [6.07, 6.45) is 0.644. The summed E-state index contributed by atoms with van der Waals surface area (Å²) in [6, 6.07) is 22.0. The molecule has 0 saturated carbocycles. The van der Waals surface area contributed by atoms with Crippen molar-refractivity contribution in [1.82, 2.24) is 10.1 Å². The maximum Gasteiger partial charge on any atom is 0.167 e. The average molecular weight is 400 g/mol. The molecule has 1 aliphatic rings. The first-order chi connectivity index (χ1) is 14.8. The van der Waals surface area contributed by atoms with Crippen molar-refractivity contribution >= 4 is 16.8 Å². The van der Waals surface area contributed by atoms with Gasteiger partial charge in [0.1, 0.15) is 11.5 Å². The van der Waals surface area contributed by atoms with Gasteiger partial charge >= 0.3 is 0 Å². The molecule has 6 nitrogen and oxygen atoms in total. The lowest BCUT2D eigenvalue weighted by Crippen LogP contribution is -2.36.